The standard InChI is InChI=1S/C47H59F3N10O4/c1-55-41-26-31(7-14-39(41)60(46(55)64)40-15-16-42(62)53-44(40)63)4-2-3-20-56-21-17-35(29-56)58-24-22-57(23-25-58)28-32-5-8-33(9-6-32)38-30-59(34-10-12-36(61)13-11-34)43-37(38)27-52-45(54-43)51-19-18-47(48,49)50/h5-9,14,26-27,30,34-36,40,61H,2-4,10-13,15-25,28-29H2,1H3,(H,51,52,54)(H,53,62,63). The van der Waals surface area contributed by atoms with Crippen molar-refractivity contribution in [3.05, 3.63) is 76.5 Å². The Labute approximate surface area is 370 Å². The number of imidazole rings is 1. The van der Waals surface area contributed by atoms with E-state index in [-0.39, 0.29) is 42.7 Å². The summed E-state index contributed by atoms with van der Waals surface area (Å²) in [5.74, 6) is -0.538. The first kappa shape index (κ1) is 44.1. The number of carbonyl (C=O) groups is 2. The Bertz CT molecular complexity index is 2520. The van der Waals surface area contributed by atoms with Gasteiger partial charge in [0.05, 0.1) is 23.6 Å². The molecule has 2 amide bonds. The third-order valence-corrected chi connectivity index (χ3v) is 14.0. The maximum atomic E-state index is 13.2. The van der Waals surface area contributed by atoms with Crippen LogP contribution in [0.1, 0.15) is 87.4 Å². The summed E-state index contributed by atoms with van der Waals surface area (Å²) in [4.78, 5) is 54.3. The number of unbranched alkanes of at least 4 members (excludes halogenated alkanes) is 1. The molecule has 5 aromatic rings. The van der Waals surface area contributed by atoms with E-state index in [9.17, 15) is 32.7 Å². The number of halogens is 3. The van der Waals surface area contributed by atoms with Gasteiger partial charge in [0.15, 0.2) is 0 Å². The van der Waals surface area contributed by atoms with Gasteiger partial charge in [-0.2, -0.15) is 18.2 Å². The summed E-state index contributed by atoms with van der Waals surface area (Å²) < 4.78 is 43.7. The number of rotatable bonds is 14. The first-order valence-corrected chi connectivity index (χ1v) is 23.0. The number of likely N-dealkylation sites (tertiary alicyclic amines) is 1. The Morgan fingerprint density at radius 1 is 0.859 bits per heavy atom. The third-order valence-electron chi connectivity index (χ3n) is 14.0. The number of piperazine rings is 1. The van der Waals surface area contributed by atoms with E-state index in [1.165, 1.54) is 22.1 Å². The molecule has 3 aliphatic heterocycles. The Balaban J connectivity index is 0.741. The van der Waals surface area contributed by atoms with Crippen LogP contribution in [0.5, 0.6) is 0 Å². The number of alkyl halides is 3. The highest BCUT2D eigenvalue weighted by atomic mass is 19.4. The summed E-state index contributed by atoms with van der Waals surface area (Å²) in [7, 11) is 1.74. The molecule has 3 aromatic heterocycles. The van der Waals surface area contributed by atoms with Gasteiger partial charge in [0.25, 0.3) is 0 Å². The first-order chi connectivity index (χ1) is 30.9. The van der Waals surface area contributed by atoms with Crippen LogP contribution in [-0.4, -0.2) is 126 Å². The van der Waals surface area contributed by atoms with Crippen molar-refractivity contribution in [1.82, 2.24) is 43.7 Å². The molecule has 1 aliphatic carbocycles. The maximum absolute atomic E-state index is 13.2. The van der Waals surface area contributed by atoms with Gasteiger partial charge in [-0.05, 0) is 99.7 Å². The fraction of sp³-hybridized carbons (Fsp3) is 0.553. The minimum Gasteiger partial charge on any atom is -0.393 e. The van der Waals surface area contributed by atoms with Crippen LogP contribution in [0, 0.1) is 0 Å². The highest BCUT2D eigenvalue weighted by Gasteiger charge is 2.33. The second-order valence-corrected chi connectivity index (χ2v) is 18.3. The van der Waals surface area contributed by atoms with Gasteiger partial charge in [-0.25, -0.2) is 9.78 Å². The lowest BCUT2D eigenvalue weighted by molar-refractivity contribution is -0.136. The highest BCUT2D eigenvalue weighted by molar-refractivity contribution is 6.00. The number of aryl methyl sites for hydroxylation is 2. The van der Waals surface area contributed by atoms with Gasteiger partial charge in [0, 0.05) is 94.7 Å². The van der Waals surface area contributed by atoms with Gasteiger partial charge in [0.2, 0.25) is 17.8 Å². The Hall–Kier alpha value is -5.10. The largest absolute Gasteiger partial charge is 0.393 e. The first-order valence-electron chi connectivity index (χ1n) is 23.0. The van der Waals surface area contributed by atoms with E-state index in [2.05, 4.69) is 77.5 Å². The van der Waals surface area contributed by atoms with Crippen LogP contribution < -0.4 is 16.3 Å². The summed E-state index contributed by atoms with van der Waals surface area (Å²) in [5.41, 5.74) is 6.41. The van der Waals surface area contributed by atoms with Gasteiger partial charge >= 0.3 is 11.9 Å². The number of imide groups is 1. The zero-order valence-electron chi connectivity index (χ0n) is 36.5. The molecule has 6 heterocycles. The molecule has 17 heteroatoms. The van der Waals surface area contributed by atoms with E-state index in [1.807, 2.05) is 6.07 Å². The molecule has 3 saturated heterocycles. The van der Waals surface area contributed by atoms with E-state index < -0.39 is 24.5 Å². The molecule has 14 nitrogen and oxygen atoms in total. The molecular formula is C47H59F3N10O4. The monoisotopic (exact) mass is 884 g/mol. The molecule has 2 atom stereocenters. The van der Waals surface area contributed by atoms with E-state index in [4.69, 9.17) is 4.98 Å². The van der Waals surface area contributed by atoms with Crippen LogP contribution in [0.15, 0.2) is 59.7 Å². The van der Waals surface area contributed by atoms with Gasteiger partial charge < -0.3 is 19.9 Å². The number of benzene rings is 2. The molecule has 64 heavy (non-hydrogen) atoms. The van der Waals surface area contributed by atoms with Gasteiger partial charge in [-0.3, -0.25) is 33.8 Å². The van der Waals surface area contributed by atoms with Crippen molar-refractivity contribution >= 4 is 39.8 Å². The molecule has 2 aromatic carbocycles. The summed E-state index contributed by atoms with van der Waals surface area (Å²) >= 11 is 0. The molecule has 2 unspecified atom stereocenters. The predicted octanol–water partition coefficient (Wildman–Crippen LogP) is 5.78. The summed E-state index contributed by atoms with van der Waals surface area (Å²) in [6.07, 6.45) is 6.08. The zero-order chi connectivity index (χ0) is 44.5. The normalized spacial score (nSPS) is 23.1. The van der Waals surface area contributed by atoms with E-state index >= 15 is 0 Å². The number of nitrogens with one attached hydrogen (secondary N) is 2. The lowest BCUT2D eigenvalue weighted by Crippen LogP contribution is -2.50. The van der Waals surface area contributed by atoms with Gasteiger partial charge in [-0.1, -0.05) is 30.3 Å². The maximum Gasteiger partial charge on any atom is 0.390 e. The lowest BCUT2D eigenvalue weighted by Gasteiger charge is -2.38. The number of aliphatic hydroxyl groups is 1. The summed E-state index contributed by atoms with van der Waals surface area (Å²) in [6, 6.07) is 14.8. The molecule has 4 aliphatic rings. The van der Waals surface area contributed by atoms with Crippen molar-refractivity contribution in [3.63, 3.8) is 0 Å². The van der Waals surface area contributed by atoms with Crippen LogP contribution in [0.2, 0.25) is 0 Å². The predicted molar refractivity (Wildman–Crippen MR) is 239 cm³/mol. The Morgan fingerprint density at radius 3 is 2.38 bits per heavy atom. The van der Waals surface area contributed by atoms with Crippen molar-refractivity contribution in [2.75, 3.05) is 57.7 Å². The average molecular weight is 885 g/mol. The van der Waals surface area contributed by atoms with Crippen LogP contribution in [-0.2, 0) is 29.6 Å². The smallest absolute Gasteiger partial charge is 0.390 e. The second kappa shape index (κ2) is 18.8. The van der Waals surface area contributed by atoms with Crippen molar-refractivity contribution < 1.29 is 27.9 Å². The SMILES string of the molecule is Cn1c(=O)n(C2CCC(=O)NC2=O)c2ccc(CCCCN3CCC(N4CCN(Cc5ccc(-c6cn(C7CCC(O)CC7)c7nc(NCCC(F)(F)F)ncc67)cc5)CC4)C3)cc21. The number of anilines is 1. The molecule has 9 rings (SSSR count). The van der Waals surface area contributed by atoms with Gasteiger partial charge in [0.1, 0.15) is 11.7 Å². The van der Waals surface area contributed by atoms with Crippen molar-refractivity contribution in [2.45, 2.75) is 108 Å². The molecular weight excluding hydrogens is 826 g/mol. The minimum absolute atomic E-state index is 0.137. The minimum atomic E-state index is -4.26. The number of nitrogens with zero attached hydrogens (tertiary/aromatic N) is 8. The van der Waals surface area contributed by atoms with E-state index in [0.717, 1.165) is 112 Å². The highest BCUT2D eigenvalue weighted by Crippen LogP contribution is 2.37. The third kappa shape index (κ3) is 9.77. The van der Waals surface area contributed by atoms with Crippen LogP contribution >= 0.6 is 0 Å². The number of aromatic nitrogens is 5. The molecule has 0 radical (unpaired) electrons. The number of piperidine rings is 1. The molecule has 342 valence electrons. The number of carbonyl (C=O) groups excluding carboxylic acids is 2. The van der Waals surface area contributed by atoms with Crippen molar-refractivity contribution in [3.8, 4) is 11.1 Å². The summed E-state index contributed by atoms with van der Waals surface area (Å²) in [6.45, 7) is 8.02. The van der Waals surface area contributed by atoms with Gasteiger partial charge in [-0.15, -0.1) is 0 Å². The fourth-order valence-electron chi connectivity index (χ4n) is 10.4. The van der Waals surface area contributed by atoms with E-state index in [0.29, 0.717) is 31.0 Å². The topological polar surface area (TPSA) is 146 Å². The second-order valence-electron chi connectivity index (χ2n) is 18.3. The number of amides is 2. The lowest BCUT2D eigenvalue weighted by atomic mass is 9.93. The Morgan fingerprint density at radius 2 is 1.62 bits per heavy atom. The van der Waals surface area contributed by atoms with Crippen molar-refractivity contribution in [1.29, 1.82) is 0 Å². The number of fused-ring (bicyclic) bond motifs is 2. The molecule has 4 fully saturated rings. The quantitative estimate of drug-likeness (QED) is 0.0927. The van der Waals surface area contributed by atoms with Crippen LogP contribution in [0.4, 0.5) is 19.1 Å². The Kier molecular flexibility index (Phi) is 12.9. The number of aliphatic hydroxyl groups excluding tert-OH is 1. The van der Waals surface area contributed by atoms with Crippen molar-refractivity contribution in [2.24, 2.45) is 7.05 Å². The fourth-order valence-corrected chi connectivity index (χ4v) is 10.4. The molecule has 0 bridgehead atoms. The zero-order valence-corrected chi connectivity index (χ0v) is 36.5. The number of hydrogen-bond donors (Lipinski definition) is 3. The molecule has 0 spiro atoms. The van der Waals surface area contributed by atoms with Crippen LogP contribution in [0.3, 0.4) is 0 Å². The average Bonchev–Trinajstić information content (AvgIpc) is 3.97. The van der Waals surface area contributed by atoms with Crippen LogP contribution in [0.25, 0.3) is 33.2 Å². The summed E-state index contributed by atoms with van der Waals surface area (Å²) in [5, 5.41) is 16.1. The molecule has 1 saturated carbocycles. The number of hydrogen-bond acceptors (Lipinski definition) is 10. The molecule has 3 N–H and O–H groups in total. The van der Waals surface area contributed by atoms with E-state index in [1.54, 1.807) is 17.8 Å².